The number of carbonyl (C=O) groups excluding carboxylic acids is 1. The number of hydrogen-bond acceptors (Lipinski definition) is 2. The number of ketones is 1. The fourth-order valence-corrected chi connectivity index (χ4v) is 2.29. The number of fused-ring (bicyclic) bond motifs is 1. The van der Waals surface area contributed by atoms with Gasteiger partial charge in [0.1, 0.15) is 5.82 Å². The van der Waals surface area contributed by atoms with Crippen LogP contribution in [0.15, 0.2) is 53.5 Å². The van der Waals surface area contributed by atoms with Crippen molar-refractivity contribution in [3.05, 3.63) is 80.9 Å². The first-order chi connectivity index (χ1) is 10.1. The third-order valence-corrected chi connectivity index (χ3v) is 3.43. The van der Waals surface area contributed by atoms with Crippen LogP contribution in [-0.4, -0.2) is 10.8 Å². The molecule has 1 aromatic heterocycles. The van der Waals surface area contributed by atoms with Gasteiger partial charge < -0.3 is 4.98 Å². The summed E-state index contributed by atoms with van der Waals surface area (Å²) in [5.41, 5.74) is 0.445. The lowest BCUT2D eigenvalue weighted by molar-refractivity contribution is 0.103. The first-order valence-corrected chi connectivity index (χ1v) is 6.55. The van der Waals surface area contributed by atoms with Crippen LogP contribution in [0.1, 0.15) is 15.9 Å². The second-order valence-electron chi connectivity index (χ2n) is 4.56. The van der Waals surface area contributed by atoms with E-state index in [4.69, 9.17) is 11.6 Å². The highest BCUT2D eigenvalue weighted by Gasteiger charge is 2.15. The number of benzene rings is 2. The third kappa shape index (κ3) is 2.45. The molecule has 0 spiro atoms. The van der Waals surface area contributed by atoms with Crippen molar-refractivity contribution in [3.8, 4) is 0 Å². The molecule has 21 heavy (non-hydrogen) atoms. The van der Waals surface area contributed by atoms with Crippen molar-refractivity contribution >= 4 is 28.3 Å². The number of rotatable bonds is 2. The fourth-order valence-electron chi connectivity index (χ4n) is 2.12. The molecular weight excluding hydrogens is 293 g/mol. The highest BCUT2D eigenvalue weighted by molar-refractivity contribution is 6.31. The Bertz CT molecular complexity index is 900. The lowest BCUT2D eigenvalue weighted by Crippen LogP contribution is -2.16. The van der Waals surface area contributed by atoms with Crippen LogP contribution in [0, 0.1) is 5.82 Å². The Hall–Kier alpha value is -2.46. The summed E-state index contributed by atoms with van der Waals surface area (Å²) >= 11 is 5.88. The van der Waals surface area contributed by atoms with Crippen molar-refractivity contribution in [2.45, 2.75) is 0 Å². The maximum Gasteiger partial charge on any atom is 0.200 e. The molecule has 0 amide bonds. The first kappa shape index (κ1) is 13.5. The van der Waals surface area contributed by atoms with E-state index in [1.54, 1.807) is 12.1 Å². The minimum absolute atomic E-state index is 0.00336. The molecule has 0 unspecified atom stereocenters. The number of H-pyrrole nitrogens is 1. The Morgan fingerprint density at radius 1 is 1.10 bits per heavy atom. The molecule has 3 nitrogen and oxygen atoms in total. The number of aromatic amines is 1. The van der Waals surface area contributed by atoms with E-state index in [0.29, 0.717) is 15.9 Å². The predicted octanol–water partition coefficient (Wildman–Crippen LogP) is 3.55. The minimum atomic E-state index is -0.460. The van der Waals surface area contributed by atoms with Crippen molar-refractivity contribution in [2.24, 2.45) is 0 Å². The summed E-state index contributed by atoms with van der Waals surface area (Å²) in [5.74, 6) is -0.899. The fraction of sp³-hybridized carbons (Fsp3) is 0. The third-order valence-electron chi connectivity index (χ3n) is 3.19. The largest absolute Gasteiger partial charge is 0.360 e. The van der Waals surface area contributed by atoms with E-state index in [0.717, 1.165) is 0 Å². The number of halogens is 2. The summed E-state index contributed by atoms with van der Waals surface area (Å²) in [4.78, 5) is 27.6. The number of hydrogen-bond donors (Lipinski definition) is 1. The van der Waals surface area contributed by atoms with Gasteiger partial charge in [0.05, 0.1) is 5.56 Å². The minimum Gasteiger partial charge on any atom is -0.360 e. The van der Waals surface area contributed by atoms with Crippen molar-refractivity contribution in [1.29, 1.82) is 0 Å². The van der Waals surface area contributed by atoms with Crippen LogP contribution in [0.25, 0.3) is 10.9 Å². The highest BCUT2D eigenvalue weighted by atomic mass is 35.5. The monoisotopic (exact) mass is 301 g/mol. The van der Waals surface area contributed by atoms with E-state index in [9.17, 15) is 14.0 Å². The number of aromatic nitrogens is 1. The van der Waals surface area contributed by atoms with Crippen LogP contribution >= 0.6 is 11.6 Å². The van der Waals surface area contributed by atoms with E-state index in [1.165, 1.54) is 36.5 Å². The summed E-state index contributed by atoms with van der Waals surface area (Å²) in [6.07, 6.45) is 1.37. The normalized spacial score (nSPS) is 10.8. The van der Waals surface area contributed by atoms with Gasteiger partial charge in [0.2, 0.25) is 5.43 Å². The Labute approximate surface area is 124 Å². The second kappa shape index (κ2) is 5.14. The Kier molecular flexibility index (Phi) is 3.31. The lowest BCUT2D eigenvalue weighted by Gasteiger charge is -2.03. The molecule has 1 heterocycles. The van der Waals surface area contributed by atoms with E-state index in [-0.39, 0.29) is 11.1 Å². The summed E-state index contributed by atoms with van der Waals surface area (Å²) in [5, 5.41) is 0.759. The Balaban J connectivity index is 2.16. The number of nitrogens with one attached hydrogen (secondary N) is 1. The summed E-state index contributed by atoms with van der Waals surface area (Å²) in [6.45, 7) is 0. The standard InChI is InChI=1S/C16H9ClFNO2/c17-10-3-6-14-12(7-10)16(21)13(8-19-14)15(20)9-1-4-11(18)5-2-9/h1-8H,(H,19,21). The van der Waals surface area contributed by atoms with Crippen LogP contribution in [0.4, 0.5) is 4.39 Å². The Morgan fingerprint density at radius 3 is 2.52 bits per heavy atom. The molecule has 0 saturated carbocycles. The topological polar surface area (TPSA) is 49.9 Å². The zero-order chi connectivity index (χ0) is 15.0. The zero-order valence-electron chi connectivity index (χ0n) is 10.7. The van der Waals surface area contributed by atoms with Gasteiger partial charge in [-0.25, -0.2) is 4.39 Å². The van der Waals surface area contributed by atoms with Gasteiger partial charge in [0, 0.05) is 27.7 Å². The molecule has 0 aliphatic rings. The van der Waals surface area contributed by atoms with Gasteiger partial charge in [-0.1, -0.05) is 11.6 Å². The molecule has 0 radical (unpaired) electrons. The van der Waals surface area contributed by atoms with Gasteiger partial charge in [-0.3, -0.25) is 9.59 Å². The van der Waals surface area contributed by atoms with Crippen molar-refractivity contribution in [2.75, 3.05) is 0 Å². The molecule has 0 atom stereocenters. The predicted molar refractivity (Wildman–Crippen MR) is 79.4 cm³/mol. The van der Waals surface area contributed by atoms with Gasteiger partial charge in [0.25, 0.3) is 0 Å². The van der Waals surface area contributed by atoms with Crippen molar-refractivity contribution in [3.63, 3.8) is 0 Å². The zero-order valence-corrected chi connectivity index (χ0v) is 11.4. The van der Waals surface area contributed by atoms with Crippen LogP contribution < -0.4 is 5.43 Å². The molecule has 0 saturated heterocycles. The summed E-state index contributed by atoms with van der Waals surface area (Å²) in [7, 11) is 0. The van der Waals surface area contributed by atoms with Gasteiger partial charge in [-0.2, -0.15) is 0 Å². The molecule has 0 fully saturated rings. The molecule has 5 heteroatoms. The van der Waals surface area contributed by atoms with Gasteiger partial charge in [-0.15, -0.1) is 0 Å². The van der Waals surface area contributed by atoms with E-state index >= 15 is 0 Å². The van der Waals surface area contributed by atoms with Gasteiger partial charge in [0.15, 0.2) is 5.78 Å². The molecule has 0 bridgehead atoms. The molecule has 2 aromatic carbocycles. The molecule has 3 aromatic rings. The molecular formula is C16H9ClFNO2. The second-order valence-corrected chi connectivity index (χ2v) is 4.99. The summed E-state index contributed by atoms with van der Waals surface area (Å²) in [6, 6.07) is 9.89. The van der Waals surface area contributed by atoms with Gasteiger partial charge in [-0.05, 0) is 42.5 Å². The van der Waals surface area contributed by atoms with Crippen LogP contribution in [-0.2, 0) is 0 Å². The maximum atomic E-state index is 12.9. The molecule has 1 N–H and O–H groups in total. The van der Waals surface area contributed by atoms with Crippen LogP contribution in [0.2, 0.25) is 5.02 Å². The highest BCUT2D eigenvalue weighted by Crippen LogP contribution is 2.16. The van der Waals surface area contributed by atoms with E-state index in [2.05, 4.69) is 4.98 Å². The quantitative estimate of drug-likeness (QED) is 0.736. The number of carbonyl (C=O) groups is 1. The Morgan fingerprint density at radius 2 is 1.81 bits per heavy atom. The van der Waals surface area contributed by atoms with E-state index < -0.39 is 17.0 Å². The number of pyridine rings is 1. The molecule has 3 rings (SSSR count). The van der Waals surface area contributed by atoms with Gasteiger partial charge >= 0.3 is 0 Å². The van der Waals surface area contributed by atoms with Crippen LogP contribution in [0.5, 0.6) is 0 Å². The first-order valence-electron chi connectivity index (χ1n) is 6.17. The molecule has 0 aliphatic carbocycles. The van der Waals surface area contributed by atoms with Crippen molar-refractivity contribution in [1.82, 2.24) is 4.98 Å². The van der Waals surface area contributed by atoms with Crippen molar-refractivity contribution < 1.29 is 9.18 Å². The molecule has 0 aliphatic heterocycles. The summed E-state index contributed by atoms with van der Waals surface area (Å²) < 4.78 is 12.9. The maximum absolute atomic E-state index is 12.9. The lowest BCUT2D eigenvalue weighted by atomic mass is 10.0. The van der Waals surface area contributed by atoms with E-state index in [1.807, 2.05) is 0 Å². The SMILES string of the molecule is O=C(c1ccc(F)cc1)c1c[nH]c2ccc(Cl)cc2c1=O. The smallest absolute Gasteiger partial charge is 0.200 e. The molecule has 104 valence electrons. The average Bonchev–Trinajstić information content (AvgIpc) is 2.48. The average molecular weight is 302 g/mol. The van der Waals surface area contributed by atoms with Crippen LogP contribution in [0.3, 0.4) is 0 Å².